The van der Waals surface area contributed by atoms with Crippen LogP contribution >= 0.6 is 23.1 Å². The molecule has 1 aromatic carbocycles. The van der Waals surface area contributed by atoms with Crippen molar-refractivity contribution in [2.45, 2.75) is 13.0 Å². The first kappa shape index (κ1) is 19.3. The molecule has 1 amide bonds. The third kappa shape index (κ3) is 6.34. The molecule has 140 valence electrons. The monoisotopic (exact) mass is 390 g/mol. The van der Waals surface area contributed by atoms with Crippen LogP contribution in [-0.2, 0) is 11.3 Å². The first-order valence-corrected chi connectivity index (χ1v) is 11.2. The molecule has 0 radical (unpaired) electrons. The Bertz CT molecular complexity index is 649. The van der Waals surface area contributed by atoms with Crippen LogP contribution in [0.5, 0.6) is 5.75 Å². The average Bonchev–Trinajstić information content (AvgIpc) is 3.06. The molecule has 1 fully saturated rings. The van der Waals surface area contributed by atoms with Gasteiger partial charge in [0.2, 0.25) is 5.91 Å². The molecule has 1 aromatic heterocycles. The molecule has 0 saturated carbocycles. The van der Waals surface area contributed by atoms with Crippen molar-refractivity contribution in [1.82, 2.24) is 9.80 Å². The number of thiophene rings is 1. The van der Waals surface area contributed by atoms with Gasteiger partial charge in [0, 0.05) is 38.5 Å². The number of benzene rings is 1. The second-order valence-electron chi connectivity index (χ2n) is 6.36. The Hall–Kier alpha value is -1.50. The molecule has 0 unspecified atom stereocenters. The molecule has 0 aliphatic carbocycles. The predicted molar refractivity (Wildman–Crippen MR) is 110 cm³/mol. The van der Waals surface area contributed by atoms with Gasteiger partial charge in [-0.1, -0.05) is 18.2 Å². The van der Waals surface area contributed by atoms with Crippen molar-refractivity contribution < 1.29 is 9.53 Å². The first-order valence-electron chi connectivity index (χ1n) is 9.08. The highest BCUT2D eigenvalue weighted by Gasteiger charge is 2.19. The molecule has 0 bridgehead atoms. The van der Waals surface area contributed by atoms with Crippen molar-refractivity contribution in [1.29, 1.82) is 0 Å². The molecule has 26 heavy (non-hydrogen) atoms. The lowest BCUT2D eigenvalue weighted by Gasteiger charge is -2.21. The summed E-state index contributed by atoms with van der Waals surface area (Å²) in [5.74, 6) is 2.52. The van der Waals surface area contributed by atoms with E-state index in [1.54, 1.807) is 23.1 Å². The quantitative estimate of drug-likeness (QED) is 0.645. The third-order valence-electron chi connectivity index (χ3n) is 4.39. The lowest BCUT2D eigenvalue weighted by molar-refractivity contribution is -0.128. The summed E-state index contributed by atoms with van der Waals surface area (Å²) in [6.07, 6.45) is 1.05. The number of hydrogen-bond acceptors (Lipinski definition) is 5. The van der Waals surface area contributed by atoms with Crippen LogP contribution in [0.15, 0.2) is 47.2 Å². The lowest BCUT2D eigenvalue weighted by Crippen LogP contribution is -2.36. The van der Waals surface area contributed by atoms with E-state index in [2.05, 4.69) is 21.7 Å². The van der Waals surface area contributed by atoms with Crippen molar-refractivity contribution >= 4 is 29.0 Å². The number of nitrogens with zero attached hydrogens (tertiary/aromatic N) is 2. The van der Waals surface area contributed by atoms with Gasteiger partial charge in [-0.05, 0) is 40.9 Å². The fourth-order valence-corrected chi connectivity index (χ4v) is 4.37. The van der Waals surface area contributed by atoms with Crippen LogP contribution in [0.3, 0.4) is 0 Å². The van der Waals surface area contributed by atoms with E-state index in [0.29, 0.717) is 12.4 Å². The molecular weight excluding hydrogens is 364 g/mol. The second-order valence-corrected chi connectivity index (χ2v) is 8.24. The Kier molecular flexibility index (Phi) is 7.86. The van der Waals surface area contributed by atoms with Gasteiger partial charge >= 0.3 is 0 Å². The summed E-state index contributed by atoms with van der Waals surface area (Å²) in [5.41, 5.74) is 1.38. The Morgan fingerprint density at radius 2 is 2.00 bits per heavy atom. The van der Waals surface area contributed by atoms with E-state index < -0.39 is 0 Å². The van der Waals surface area contributed by atoms with E-state index in [0.717, 1.165) is 50.6 Å². The van der Waals surface area contributed by atoms with Crippen LogP contribution in [0.4, 0.5) is 0 Å². The van der Waals surface area contributed by atoms with Crippen LogP contribution in [0.25, 0.3) is 0 Å². The van der Waals surface area contributed by atoms with Gasteiger partial charge in [0.25, 0.3) is 0 Å². The van der Waals surface area contributed by atoms with Gasteiger partial charge in [-0.15, -0.1) is 11.8 Å². The maximum Gasteiger partial charge on any atom is 0.232 e. The second kappa shape index (κ2) is 10.6. The largest absolute Gasteiger partial charge is 0.493 e. The average molecular weight is 391 g/mol. The van der Waals surface area contributed by atoms with Gasteiger partial charge in [0.1, 0.15) is 5.75 Å². The van der Waals surface area contributed by atoms with E-state index in [4.69, 9.17) is 4.74 Å². The minimum Gasteiger partial charge on any atom is -0.493 e. The highest BCUT2D eigenvalue weighted by molar-refractivity contribution is 7.99. The Morgan fingerprint density at radius 3 is 2.81 bits per heavy atom. The molecule has 1 aliphatic heterocycles. The predicted octanol–water partition coefficient (Wildman–Crippen LogP) is 3.59. The highest BCUT2D eigenvalue weighted by Crippen LogP contribution is 2.13. The van der Waals surface area contributed by atoms with Crippen molar-refractivity contribution in [3.8, 4) is 5.75 Å². The summed E-state index contributed by atoms with van der Waals surface area (Å²) in [4.78, 5) is 16.9. The highest BCUT2D eigenvalue weighted by atomic mass is 32.2. The van der Waals surface area contributed by atoms with Crippen LogP contribution in [-0.4, -0.2) is 60.0 Å². The summed E-state index contributed by atoms with van der Waals surface area (Å²) in [6, 6.07) is 12.0. The Balaban J connectivity index is 1.31. The maximum atomic E-state index is 12.5. The smallest absolute Gasteiger partial charge is 0.232 e. The van der Waals surface area contributed by atoms with E-state index in [-0.39, 0.29) is 5.91 Å². The summed E-state index contributed by atoms with van der Waals surface area (Å²) < 4.78 is 5.67. The lowest BCUT2D eigenvalue weighted by atomic mass is 10.3. The fourth-order valence-electron chi connectivity index (χ4n) is 3.01. The number of para-hydroxylation sites is 1. The standard InChI is InChI=1S/C20H26N2O2S2/c23-20(17-26-14-12-24-19-5-2-1-3-6-19)22-9-4-8-21(10-11-22)15-18-7-13-25-16-18/h1-3,5-7,13,16H,4,8-12,14-15,17H2. The molecule has 0 N–H and O–H groups in total. The molecule has 0 atom stereocenters. The number of carbonyl (C=O) groups excluding carboxylic acids is 1. The minimum atomic E-state index is 0.257. The first-order chi connectivity index (χ1) is 12.8. The number of amides is 1. The number of hydrogen-bond donors (Lipinski definition) is 0. The molecule has 2 heterocycles. The molecule has 3 rings (SSSR count). The minimum absolute atomic E-state index is 0.257. The van der Waals surface area contributed by atoms with Crippen molar-refractivity contribution in [2.75, 3.05) is 44.3 Å². The molecule has 1 aliphatic rings. The van der Waals surface area contributed by atoms with Gasteiger partial charge in [-0.2, -0.15) is 11.3 Å². The third-order valence-corrected chi connectivity index (χ3v) is 6.03. The van der Waals surface area contributed by atoms with E-state index in [1.807, 2.05) is 35.2 Å². The summed E-state index contributed by atoms with van der Waals surface area (Å²) in [5, 5.41) is 4.34. The molecule has 1 saturated heterocycles. The van der Waals surface area contributed by atoms with Crippen LogP contribution in [0.1, 0.15) is 12.0 Å². The number of carbonyl (C=O) groups is 1. The van der Waals surface area contributed by atoms with Crippen molar-refractivity contribution in [3.05, 3.63) is 52.7 Å². The van der Waals surface area contributed by atoms with Gasteiger partial charge in [-0.3, -0.25) is 9.69 Å². The summed E-state index contributed by atoms with van der Waals surface area (Å²) in [6.45, 7) is 5.37. The number of thioether (sulfide) groups is 1. The fraction of sp³-hybridized carbons (Fsp3) is 0.450. The number of rotatable bonds is 8. The normalized spacial score (nSPS) is 15.6. The van der Waals surface area contributed by atoms with Crippen molar-refractivity contribution in [3.63, 3.8) is 0 Å². The van der Waals surface area contributed by atoms with Gasteiger partial charge < -0.3 is 9.64 Å². The van der Waals surface area contributed by atoms with E-state index in [1.165, 1.54) is 5.56 Å². The zero-order valence-corrected chi connectivity index (χ0v) is 16.6. The molecule has 2 aromatic rings. The van der Waals surface area contributed by atoms with Gasteiger partial charge in [0.15, 0.2) is 0 Å². The summed E-state index contributed by atoms with van der Waals surface area (Å²) >= 11 is 3.40. The van der Waals surface area contributed by atoms with Crippen molar-refractivity contribution in [2.24, 2.45) is 0 Å². The topological polar surface area (TPSA) is 32.8 Å². The van der Waals surface area contributed by atoms with E-state index in [9.17, 15) is 4.79 Å². The van der Waals surface area contributed by atoms with E-state index >= 15 is 0 Å². The summed E-state index contributed by atoms with van der Waals surface area (Å²) in [7, 11) is 0. The molecule has 6 heteroatoms. The van der Waals surface area contributed by atoms with Crippen LogP contribution in [0, 0.1) is 0 Å². The van der Waals surface area contributed by atoms with Gasteiger partial charge in [0.05, 0.1) is 12.4 Å². The zero-order valence-electron chi connectivity index (χ0n) is 15.0. The van der Waals surface area contributed by atoms with Crippen LogP contribution in [0.2, 0.25) is 0 Å². The molecule has 4 nitrogen and oxygen atoms in total. The van der Waals surface area contributed by atoms with Crippen LogP contribution < -0.4 is 4.74 Å². The Labute approximate surface area is 164 Å². The molecular formula is C20H26N2O2S2. The number of ether oxygens (including phenoxy) is 1. The zero-order chi connectivity index (χ0) is 18.0. The Morgan fingerprint density at radius 1 is 1.12 bits per heavy atom. The maximum absolute atomic E-state index is 12.5. The van der Waals surface area contributed by atoms with Gasteiger partial charge in [-0.25, -0.2) is 0 Å². The SMILES string of the molecule is O=C(CSCCOc1ccccc1)N1CCCN(Cc2ccsc2)CC1. The molecule has 0 spiro atoms.